The van der Waals surface area contributed by atoms with Crippen LogP contribution in [0.25, 0.3) is 0 Å². The molecule has 0 saturated carbocycles. The van der Waals surface area contributed by atoms with Gasteiger partial charge in [-0.2, -0.15) is 8.42 Å². The smallest absolute Gasteiger partial charge is 0.326 e. The molecule has 60 heavy (non-hydrogen) atoms. The Labute approximate surface area is 360 Å². The standard InChI is InChI=1S/C43H79N3O13S/c1-36(38(3)47)20-16-17-25-44-42(50)35-59-32-29-56-27-19-22-39(48)34-58-31-30-57-28-26-45-41(49)24-23-40(43(51)52)46-37(2)21-15-13-11-9-7-5-4-6-8-10-12-14-18-33-60(53,54)55/h36,40,46H,2,4-35H2,1,3H3,(H,44,50)(H,45,49)(H,51,52)(H,53,54,55)/t36-,40-/m0/s1. The average Bonchev–Trinajstić information content (AvgIpc) is 3.19. The molecule has 0 radical (unpaired) electrons. The van der Waals surface area contributed by atoms with Crippen molar-refractivity contribution < 1.29 is 61.0 Å². The van der Waals surface area contributed by atoms with Crippen molar-refractivity contribution in [3.05, 3.63) is 12.3 Å². The molecule has 0 aliphatic carbocycles. The van der Waals surface area contributed by atoms with Gasteiger partial charge in [0.2, 0.25) is 11.8 Å². The number of nitrogens with one attached hydrogen (secondary N) is 3. The van der Waals surface area contributed by atoms with E-state index >= 15 is 0 Å². The minimum Gasteiger partial charge on any atom is -0.480 e. The fraction of sp³-hybridized carbons (Fsp3) is 0.837. The van der Waals surface area contributed by atoms with Crippen LogP contribution in [-0.4, -0.2) is 125 Å². The molecule has 16 nitrogen and oxygen atoms in total. The molecule has 350 valence electrons. The van der Waals surface area contributed by atoms with E-state index in [4.69, 9.17) is 23.5 Å². The zero-order valence-corrected chi connectivity index (χ0v) is 37.6. The summed E-state index contributed by atoms with van der Waals surface area (Å²) in [4.78, 5) is 59.0. The molecule has 0 spiro atoms. The average molecular weight is 878 g/mol. The topological polar surface area (TPSA) is 233 Å². The third-order valence-electron chi connectivity index (χ3n) is 9.85. The van der Waals surface area contributed by atoms with Crippen molar-refractivity contribution >= 4 is 39.5 Å². The molecule has 17 heteroatoms. The predicted octanol–water partition coefficient (Wildman–Crippen LogP) is 5.72. The number of aliphatic carboxylic acids is 1. The van der Waals surface area contributed by atoms with Gasteiger partial charge in [0.05, 0.1) is 38.8 Å². The van der Waals surface area contributed by atoms with E-state index in [-0.39, 0.29) is 94.1 Å². The van der Waals surface area contributed by atoms with E-state index in [1.807, 2.05) is 6.92 Å². The second-order valence-electron chi connectivity index (χ2n) is 15.5. The van der Waals surface area contributed by atoms with Crippen LogP contribution in [0.1, 0.15) is 149 Å². The number of hydrogen-bond donors (Lipinski definition) is 5. The highest BCUT2D eigenvalue weighted by atomic mass is 32.2. The van der Waals surface area contributed by atoms with Gasteiger partial charge in [0.25, 0.3) is 10.1 Å². The van der Waals surface area contributed by atoms with Crippen LogP contribution in [0.3, 0.4) is 0 Å². The minimum absolute atomic E-state index is 0.0301. The Balaban J connectivity index is 3.66. The summed E-state index contributed by atoms with van der Waals surface area (Å²) >= 11 is 0. The van der Waals surface area contributed by atoms with Crippen LogP contribution in [0.4, 0.5) is 0 Å². The number of amides is 2. The Morgan fingerprint density at radius 1 is 0.583 bits per heavy atom. The maximum Gasteiger partial charge on any atom is 0.326 e. The van der Waals surface area contributed by atoms with E-state index in [1.54, 1.807) is 6.92 Å². The number of unbranched alkanes of at least 4 members (excludes halogenated alkanes) is 13. The van der Waals surface area contributed by atoms with Crippen molar-refractivity contribution in [3.63, 3.8) is 0 Å². The van der Waals surface area contributed by atoms with E-state index in [2.05, 4.69) is 22.5 Å². The minimum atomic E-state index is -3.83. The quantitative estimate of drug-likeness (QED) is 0.0364. The van der Waals surface area contributed by atoms with Gasteiger partial charge in [-0.05, 0) is 51.9 Å². The Kier molecular flexibility index (Phi) is 37.0. The number of ketones is 2. The highest BCUT2D eigenvalue weighted by molar-refractivity contribution is 7.85. The molecule has 5 N–H and O–H groups in total. The summed E-state index contributed by atoms with van der Waals surface area (Å²) in [5, 5.41) is 18.1. The Morgan fingerprint density at radius 2 is 1.12 bits per heavy atom. The van der Waals surface area contributed by atoms with Gasteiger partial charge < -0.3 is 40.0 Å². The second kappa shape index (κ2) is 38.9. The van der Waals surface area contributed by atoms with Crippen LogP contribution in [0, 0.1) is 5.92 Å². The van der Waals surface area contributed by atoms with Gasteiger partial charge in [0.15, 0.2) is 5.78 Å². The van der Waals surface area contributed by atoms with Gasteiger partial charge >= 0.3 is 5.97 Å². The molecule has 0 aliphatic heterocycles. The summed E-state index contributed by atoms with van der Waals surface area (Å²) in [6, 6.07) is -0.897. The number of hydrogen-bond acceptors (Lipinski definition) is 12. The van der Waals surface area contributed by atoms with Crippen molar-refractivity contribution in [1.82, 2.24) is 16.0 Å². The van der Waals surface area contributed by atoms with Crippen molar-refractivity contribution in [1.29, 1.82) is 0 Å². The van der Waals surface area contributed by atoms with Crippen LogP contribution in [0.5, 0.6) is 0 Å². The first-order valence-electron chi connectivity index (χ1n) is 22.2. The monoisotopic (exact) mass is 878 g/mol. The molecule has 2 atom stereocenters. The largest absolute Gasteiger partial charge is 0.480 e. The molecule has 0 saturated heterocycles. The summed E-state index contributed by atoms with van der Waals surface area (Å²) in [5.74, 6) is -1.46. The van der Waals surface area contributed by atoms with E-state index in [0.29, 0.717) is 51.1 Å². The number of ether oxygens (including phenoxy) is 4. The lowest BCUT2D eigenvalue weighted by Crippen LogP contribution is -2.37. The number of carboxylic acid groups (broad SMARTS) is 1. The maximum atomic E-state index is 12.3. The third-order valence-corrected chi connectivity index (χ3v) is 10.7. The molecular weight excluding hydrogens is 799 g/mol. The maximum absolute atomic E-state index is 12.3. The van der Waals surface area contributed by atoms with Crippen LogP contribution in [0.2, 0.25) is 0 Å². The Morgan fingerprint density at radius 3 is 1.70 bits per heavy atom. The van der Waals surface area contributed by atoms with Crippen molar-refractivity contribution in [3.8, 4) is 0 Å². The predicted molar refractivity (Wildman–Crippen MR) is 231 cm³/mol. The zero-order valence-electron chi connectivity index (χ0n) is 36.8. The summed E-state index contributed by atoms with van der Waals surface area (Å²) in [7, 11) is -3.83. The number of Topliss-reactive ketones (excluding diaryl/α,β-unsaturated/α-hetero) is 2. The van der Waals surface area contributed by atoms with Gasteiger partial charge in [0.1, 0.15) is 25.0 Å². The van der Waals surface area contributed by atoms with Crippen molar-refractivity contribution in [2.24, 2.45) is 5.92 Å². The molecule has 0 bridgehead atoms. The molecule has 0 rings (SSSR count). The van der Waals surface area contributed by atoms with Crippen LogP contribution in [0.15, 0.2) is 12.3 Å². The fourth-order valence-electron chi connectivity index (χ4n) is 6.06. The Bertz CT molecular complexity index is 1280. The van der Waals surface area contributed by atoms with Gasteiger partial charge in [-0.1, -0.05) is 90.6 Å². The fourth-order valence-corrected chi connectivity index (χ4v) is 6.63. The molecule has 0 fully saturated rings. The van der Waals surface area contributed by atoms with Crippen LogP contribution in [-0.2, 0) is 53.0 Å². The zero-order chi connectivity index (χ0) is 44.7. The molecule has 2 amide bonds. The van der Waals surface area contributed by atoms with Gasteiger partial charge in [-0.3, -0.25) is 23.7 Å². The van der Waals surface area contributed by atoms with E-state index < -0.39 is 22.1 Å². The van der Waals surface area contributed by atoms with Crippen molar-refractivity contribution in [2.45, 2.75) is 155 Å². The van der Waals surface area contributed by atoms with E-state index in [0.717, 1.165) is 70.6 Å². The lowest BCUT2D eigenvalue weighted by atomic mass is 10.0. The normalized spacial score (nSPS) is 12.4. The lowest BCUT2D eigenvalue weighted by molar-refractivity contribution is -0.139. The van der Waals surface area contributed by atoms with Gasteiger partial charge in [-0.25, -0.2) is 4.79 Å². The third kappa shape index (κ3) is 40.4. The van der Waals surface area contributed by atoms with E-state index in [1.165, 1.54) is 25.7 Å². The number of carboxylic acids is 1. The summed E-state index contributed by atoms with van der Waals surface area (Å²) in [6.45, 7) is 9.93. The molecule has 0 aromatic heterocycles. The van der Waals surface area contributed by atoms with Crippen molar-refractivity contribution in [2.75, 3.05) is 71.7 Å². The van der Waals surface area contributed by atoms with Gasteiger partial charge in [-0.15, -0.1) is 0 Å². The Hall–Kier alpha value is -2.96. The summed E-state index contributed by atoms with van der Waals surface area (Å²) in [6.07, 6.45) is 17.8. The van der Waals surface area contributed by atoms with Crippen LogP contribution < -0.4 is 16.0 Å². The SMILES string of the molecule is C=C(CCCCCCCCCCCCCCCS(=O)(=O)O)N[C@@H](CCC(=O)NCCOCCOCC(=O)CCCOCCOCC(=O)NCCCC[C@H](C)C(C)=O)C(=O)O. The lowest BCUT2D eigenvalue weighted by Gasteiger charge is -2.17. The second-order valence-corrected chi connectivity index (χ2v) is 17.1. The van der Waals surface area contributed by atoms with Gasteiger partial charge in [0, 0.05) is 44.2 Å². The number of allylic oxidation sites excluding steroid dienone is 1. The van der Waals surface area contributed by atoms with E-state index in [9.17, 15) is 37.5 Å². The number of carbonyl (C=O) groups excluding carboxylic acids is 4. The first-order valence-corrected chi connectivity index (χ1v) is 23.8. The number of rotatable bonds is 45. The first kappa shape index (κ1) is 57.0. The van der Waals surface area contributed by atoms with Crippen LogP contribution >= 0.6 is 0 Å². The molecule has 0 unspecified atom stereocenters. The highest BCUT2D eigenvalue weighted by Gasteiger charge is 2.19. The molecule has 0 aromatic carbocycles. The number of carbonyl (C=O) groups is 5. The summed E-state index contributed by atoms with van der Waals surface area (Å²) in [5.41, 5.74) is 0.658. The summed E-state index contributed by atoms with van der Waals surface area (Å²) < 4.78 is 51.7. The molecular formula is C43H79N3O13S. The molecule has 0 heterocycles. The highest BCUT2D eigenvalue weighted by Crippen LogP contribution is 2.15. The molecule has 0 aromatic rings. The molecule has 0 aliphatic rings. The first-order chi connectivity index (χ1) is 28.7.